The number of carbonyl (C=O) groups excluding carboxylic acids is 1. The number of rotatable bonds is 2. The van der Waals surface area contributed by atoms with Gasteiger partial charge in [-0.3, -0.25) is 4.79 Å². The quantitative estimate of drug-likeness (QED) is 0.797. The Morgan fingerprint density at radius 1 is 1.23 bits per heavy atom. The lowest BCUT2D eigenvalue weighted by Gasteiger charge is -2.35. The van der Waals surface area contributed by atoms with E-state index in [4.69, 9.17) is 4.74 Å². The Balaban J connectivity index is 1.48. The molecule has 0 spiro atoms. The van der Waals surface area contributed by atoms with E-state index in [1.54, 1.807) is 11.0 Å². The van der Waals surface area contributed by atoms with Gasteiger partial charge < -0.3 is 14.5 Å². The van der Waals surface area contributed by atoms with Crippen LogP contribution in [0.25, 0.3) is 10.2 Å². The summed E-state index contributed by atoms with van der Waals surface area (Å²) >= 11 is 1.26. The van der Waals surface area contributed by atoms with Gasteiger partial charge in [0.1, 0.15) is 6.10 Å². The van der Waals surface area contributed by atoms with Gasteiger partial charge in [0.25, 0.3) is 5.91 Å². The van der Waals surface area contributed by atoms with Crippen LogP contribution in [0.3, 0.4) is 0 Å². The lowest BCUT2D eigenvalue weighted by molar-refractivity contribution is -0.141. The van der Waals surface area contributed by atoms with Crippen molar-refractivity contribution in [2.45, 2.75) is 25.1 Å². The van der Waals surface area contributed by atoms with E-state index in [1.807, 2.05) is 4.90 Å². The number of alkyl halides is 3. The first-order valence-corrected chi connectivity index (χ1v) is 9.37. The summed E-state index contributed by atoms with van der Waals surface area (Å²) in [6.07, 6.45) is -3.09. The van der Waals surface area contributed by atoms with Crippen molar-refractivity contribution in [1.82, 2.24) is 9.88 Å². The zero-order valence-corrected chi connectivity index (χ0v) is 14.8. The molecule has 26 heavy (non-hydrogen) atoms. The number of aromatic nitrogens is 1. The summed E-state index contributed by atoms with van der Waals surface area (Å²) in [6.45, 7) is 2.80. The number of benzene rings is 1. The van der Waals surface area contributed by atoms with E-state index in [0.29, 0.717) is 42.6 Å². The Morgan fingerprint density at radius 2 is 2.00 bits per heavy atom. The number of piperazine rings is 1. The summed E-state index contributed by atoms with van der Waals surface area (Å²) in [6, 6.07) is 4.12. The molecule has 1 unspecified atom stereocenters. The Bertz CT molecular complexity index is 809. The monoisotopic (exact) mass is 385 g/mol. The molecule has 0 aliphatic carbocycles. The maximum atomic E-state index is 13.2. The second-order valence-electron chi connectivity index (χ2n) is 6.46. The molecule has 0 bridgehead atoms. The highest BCUT2D eigenvalue weighted by Crippen LogP contribution is 2.38. The third-order valence-electron chi connectivity index (χ3n) is 4.78. The zero-order chi connectivity index (χ0) is 18.3. The van der Waals surface area contributed by atoms with Crippen LogP contribution in [-0.2, 0) is 15.7 Å². The van der Waals surface area contributed by atoms with Crippen LogP contribution >= 0.6 is 11.3 Å². The van der Waals surface area contributed by atoms with Crippen molar-refractivity contribution in [3.8, 4) is 0 Å². The van der Waals surface area contributed by atoms with Gasteiger partial charge in [0, 0.05) is 32.8 Å². The largest absolute Gasteiger partial charge is 0.418 e. The van der Waals surface area contributed by atoms with Crippen molar-refractivity contribution in [2.24, 2.45) is 0 Å². The van der Waals surface area contributed by atoms with E-state index in [2.05, 4.69) is 4.98 Å². The van der Waals surface area contributed by atoms with Crippen LogP contribution in [0.1, 0.15) is 18.4 Å². The van der Waals surface area contributed by atoms with Gasteiger partial charge in [-0.2, -0.15) is 13.2 Å². The molecule has 9 heteroatoms. The second-order valence-corrected chi connectivity index (χ2v) is 7.47. The normalized spacial score (nSPS) is 21.6. The topological polar surface area (TPSA) is 45.7 Å². The summed E-state index contributed by atoms with van der Waals surface area (Å²) in [5, 5.41) is 0.570. The molecule has 4 rings (SSSR count). The standard InChI is InChI=1S/C17H18F3N3O2S/c18-17(19,20)11-3-1-5-13-14(11)21-16(26-13)23-8-6-22(7-9-23)15(24)12-4-2-10-25-12/h1,3,5,12H,2,4,6-10H2. The van der Waals surface area contributed by atoms with Crippen LogP contribution in [0.5, 0.6) is 0 Å². The average molecular weight is 385 g/mol. The third kappa shape index (κ3) is 3.25. The van der Waals surface area contributed by atoms with Crippen molar-refractivity contribution in [3.05, 3.63) is 23.8 Å². The number of anilines is 1. The van der Waals surface area contributed by atoms with Crippen LogP contribution in [0.2, 0.25) is 0 Å². The first-order valence-electron chi connectivity index (χ1n) is 8.55. The molecular formula is C17H18F3N3O2S. The predicted molar refractivity (Wildman–Crippen MR) is 92.4 cm³/mol. The molecule has 0 radical (unpaired) electrons. The minimum Gasteiger partial charge on any atom is -0.368 e. The molecule has 1 atom stereocenters. The van der Waals surface area contributed by atoms with E-state index in [0.717, 1.165) is 18.9 Å². The third-order valence-corrected chi connectivity index (χ3v) is 5.86. The molecule has 2 saturated heterocycles. The Morgan fingerprint density at radius 3 is 2.65 bits per heavy atom. The number of ether oxygens (including phenoxy) is 1. The van der Waals surface area contributed by atoms with Crippen LogP contribution in [0.15, 0.2) is 18.2 Å². The SMILES string of the molecule is O=C(C1CCCO1)N1CCN(c2nc3c(C(F)(F)F)cccc3s2)CC1. The van der Waals surface area contributed by atoms with Crippen LogP contribution in [-0.4, -0.2) is 54.7 Å². The summed E-state index contributed by atoms with van der Waals surface area (Å²) in [5.41, 5.74) is -0.706. The average Bonchev–Trinajstić information content (AvgIpc) is 3.29. The van der Waals surface area contributed by atoms with Crippen molar-refractivity contribution in [2.75, 3.05) is 37.7 Å². The van der Waals surface area contributed by atoms with Crippen LogP contribution in [0, 0.1) is 0 Å². The van der Waals surface area contributed by atoms with Crippen molar-refractivity contribution < 1.29 is 22.7 Å². The molecule has 1 aromatic heterocycles. The van der Waals surface area contributed by atoms with Gasteiger partial charge >= 0.3 is 6.18 Å². The smallest absolute Gasteiger partial charge is 0.368 e. The molecule has 3 heterocycles. The van der Waals surface area contributed by atoms with Gasteiger partial charge in [0.05, 0.1) is 15.8 Å². The molecule has 2 aromatic rings. The molecular weight excluding hydrogens is 367 g/mol. The zero-order valence-electron chi connectivity index (χ0n) is 14.0. The minimum atomic E-state index is -4.42. The van der Waals surface area contributed by atoms with Gasteiger partial charge in [0.15, 0.2) is 5.13 Å². The fourth-order valence-corrected chi connectivity index (χ4v) is 4.44. The summed E-state index contributed by atoms with van der Waals surface area (Å²) < 4.78 is 45.4. The number of hydrogen-bond donors (Lipinski definition) is 0. The number of thiazole rings is 1. The van der Waals surface area contributed by atoms with Crippen molar-refractivity contribution in [1.29, 1.82) is 0 Å². The highest BCUT2D eigenvalue weighted by atomic mass is 32.1. The number of fused-ring (bicyclic) bond motifs is 1. The minimum absolute atomic E-state index is 0.00198. The van der Waals surface area contributed by atoms with E-state index >= 15 is 0 Å². The Kier molecular flexibility index (Phi) is 4.52. The lowest BCUT2D eigenvalue weighted by Crippen LogP contribution is -2.51. The molecule has 1 amide bonds. The van der Waals surface area contributed by atoms with Crippen LogP contribution in [0.4, 0.5) is 18.3 Å². The molecule has 0 saturated carbocycles. The number of amides is 1. The second kappa shape index (κ2) is 6.70. The molecule has 5 nitrogen and oxygen atoms in total. The van der Waals surface area contributed by atoms with Gasteiger partial charge in [-0.1, -0.05) is 17.4 Å². The Hall–Kier alpha value is -1.87. The summed E-state index contributed by atoms with van der Waals surface area (Å²) in [7, 11) is 0. The number of carbonyl (C=O) groups is 1. The maximum absolute atomic E-state index is 13.2. The molecule has 2 fully saturated rings. The van der Waals surface area contributed by atoms with Gasteiger partial charge in [-0.05, 0) is 25.0 Å². The van der Waals surface area contributed by atoms with E-state index < -0.39 is 11.7 Å². The highest BCUT2D eigenvalue weighted by Gasteiger charge is 2.35. The molecule has 0 N–H and O–H groups in total. The molecule has 2 aliphatic rings. The predicted octanol–water partition coefficient (Wildman–Crippen LogP) is 3.14. The highest BCUT2D eigenvalue weighted by molar-refractivity contribution is 7.22. The lowest BCUT2D eigenvalue weighted by atomic mass is 10.2. The number of para-hydroxylation sites is 1. The van der Waals surface area contributed by atoms with Crippen molar-refractivity contribution >= 4 is 32.6 Å². The number of hydrogen-bond acceptors (Lipinski definition) is 5. The number of halogens is 3. The first-order chi connectivity index (χ1) is 12.4. The maximum Gasteiger partial charge on any atom is 0.418 e. The fourth-order valence-electron chi connectivity index (χ4n) is 3.40. The number of nitrogens with zero attached hydrogens (tertiary/aromatic N) is 3. The van der Waals surface area contributed by atoms with E-state index in [-0.39, 0.29) is 17.5 Å². The molecule has 140 valence electrons. The Labute approximate surface area is 152 Å². The summed E-state index contributed by atoms with van der Waals surface area (Å²) in [4.78, 5) is 20.4. The molecule has 2 aliphatic heterocycles. The van der Waals surface area contributed by atoms with Crippen LogP contribution < -0.4 is 4.90 Å². The van der Waals surface area contributed by atoms with Gasteiger partial charge in [0.2, 0.25) is 0 Å². The van der Waals surface area contributed by atoms with Gasteiger partial charge in [-0.25, -0.2) is 4.98 Å². The molecule has 1 aromatic carbocycles. The van der Waals surface area contributed by atoms with Crippen molar-refractivity contribution in [3.63, 3.8) is 0 Å². The van der Waals surface area contributed by atoms with E-state index in [9.17, 15) is 18.0 Å². The van der Waals surface area contributed by atoms with Gasteiger partial charge in [-0.15, -0.1) is 0 Å². The van der Waals surface area contributed by atoms with E-state index in [1.165, 1.54) is 17.4 Å². The fraction of sp³-hybridized carbons (Fsp3) is 0.529. The first kappa shape index (κ1) is 17.5. The summed E-state index contributed by atoms with van der Waals surface area (Å²) in [5.74, 6) is 0.0193.